The lowest BCUT2D eigenvalue weighted by Crippen LogP contribution is -2.47. The fourth-order valence-electron chi connectivity index (χ4n) is 3.03. The Bertz CT molecular complexity index is 173. The van der Waals surface area contributed by atoms with Crippen molar-refractivity contribution >= 4 is 0 Å². The molecule has 1 aliphatic heterocycles. The molecule has 2 nitrogen and oxygen atoms in total. The molecular weight excluding hydrogens is 162 g/mol. The molecule has 0 radical (unpaired) electrons. The number of aliphatic hydroxyl groups is 1. The lowest BCUT2D eigenvalue weighted by Gasteiger charge is -2.40. The Balaban J connectivity index is 2.02. The second-order valence-corrected chi connectivity index (χ2v) is 4.91. The van der Waals surface area contributed by atoms with E-state index in [2.05, 4.69) is 5.32 Å². The van der Waals surface area contributed by atoms with Gasteiger partial charge in [-0.25, -0.2) is 0 Å². The van der Waals surface area contributed by atoms with E-state index in [1.165, 1.54) is 32.1 Å². The Labute approximate surface area is 80.7 Å². The third-order valence-corrected chi connectivity index (χ3v) is 3.83. The fraction of sp³-hybridized carbons (Fsp3) is 1.00. The molecule has 76 valence electrons. The Kier molecular flexibility index (Phi) is 2.61. The van der Waals surface area contributed by atoms with E-state index in [9.17, 15) is 5.11 Å². The summed E-state index contributed by atoms with van der Waals surface area (Å²) in [5, 5.41) is 13.8. The van der Waals surface area contributed by atoms with Crippen molar-refractivity contribution in [1.82, 2.24) is 5.32 Å². The van der Waals surface area contributed by atoms with E-state index in [1.807, 2.05) is 6.92 Å². The van der Waals surface area contributed by atoms with Crippen LogP contribution in [0.15, 0.2) is 0 Å². The molecule has 1 aliphatic carbocycles. The van der Waals surface area contributed by atoms with Crippen molar-refractivity contribution in [3.63, 3.8) is 0 Å². The molecule has 2 fully saturated rings. The summed E-state index contributed by atoms with van der Waals surface area (Å²) in [6, 6.07) is 0.593. The smallest absolute Gasteiger partial charge is 0.0662 e. The predicted molar refractivity (Wildman–Crippen MR) is 53.6 cm³/mol. The molecule has 2 N–H and O–H groups in total. The van der Waals surface area contributed by atoms with Gasteiger partial charge in [-0.3, -0.25) is 0 Å². The Morgan fingerprint density at radius 1 is 1.23 bits per heavy atom. The zero-order valence-corrected chi connectivity index (χ0v) is 8.55. The van der Waals surface area contributed by atoms with E-state index < -0.39 is 5.60 Å². The van der Waals surface area contributed by atoms with Crippen molar-refractivity contribution in [2.45, 2.75) is 57.1 Å². The van der Waals surface area contributed by atoms with E-state index in [0.717, 1.165) is 13.0 Å². The molecule has 0 spiro atoms. The molecule has 0 aromatic rings. The normalized spacial score (nSPS) is 46.6. The van der Waals surface area contributed by atoms with Gasteiger partial charge in [-0.05, 0) is 39.2 Å². The van der Waals surface area contributed by atoms with Crippen LogP contribution < -0.4 is 5.32 Å². The second-order valence-electron chi connectivity index (χ2n) is 4.91. The summed E-state index contributed by atoms with van der Waals surface area (Å²) in [4.78, 5) is 0. The van der Waals surface area contributed by atoms with Gasteiger partial charge in [0.05, 0.1) is 5.60 Å². The molecule has 1 heterocycles. The monoisotopic (exact) mass is 183 g/mol. The van der Waals surface area contributed by atoms with Crippen molar-refractivity contribution < 1.29 is 5.11 Å². The average molecular weight is 183 g/mol. The number of rotatable bonds is 1. The third-order valence-electron chi connectivity index (χ3n) is 3.83. The lowest BCUT2D eigenvalue weighted by molar-refractivity contribution is -0.0442. The Morgan fingerprint density at radius 3 is 2.69 bits per heavy atom. The van der Waals surface area contributed by atoms with E-state index in [1.54, 1.807) is 0 Å². The van der Waals surface area contributed by atoms with Crippen molar-refractivity contribution in [3.05, 3.63) is 0 Å². The zero-order valence-electron chi connectivity index (χ0n) is 8.55. The first-order valence-electron chi connectivity index (χ1n) is 5.66. The van der Waals surface area contributed by atoms with E-state index in [0.29, 0.717) is 12.0 Å². The summed E-state index contributed by atoms with van der Waals surface area (Å²) in [6.07, 6.45) is 7.27. The van der Waals surface area contributed by atoms with Gasteiger partial charge in [0.2, 0.25) is 0 Å². The van der Waals surface area contributed by atoms with Crippen LogP contribution in [0, 0.1) is 5.92 Å². The van der Waals surface area contributed by atoms with Crippen LogP contribution in [0.5, 0.6) is 0 Å². The highest BCUT2D eigenvalue weighted by Crippen LogP contribution is 2.37. The minimum Gasteiger partial charge on any atom is -0.390 e. The van der Waals surface area contributed by atoms with Gasteiger partial charge in [-0.1, -0.05) is 12.8 Å². The van der Waals surface area contributed by atoms with Crippen LogP contribution >= 0.6 is 0 Å². The highest BCUT2D eigenvalue weighted by atomic mass is 16.3. The minimum atomic E-state index is -0.403. The second kappa shape index (κ2) is 3.58. The molecule has 0 aromatic heterocycles. The minimum absolute atomic E-state index is 0.403. The highest BCUT2D eigenvalue weighted by molar-refractivity contribution is 4.94. The SMILES string of the molecule is CC1(O)CCCCC1C1CCCN1. The van der Waals surface area contributed by atoms with Crippen LogP contribution in [0.4, 0.5) is 0 Å². The standard InChI is InChI=1S/C11H21NO/c1-11(13)7-3-2-5-9(11)10-6-4-8-12-10/h9-10,12-13H,2-8H2,1H3. The first-order valence-corrected chi connectivity index (χ1v) is 5.66. The van der Waals surface area contributed by atoms with E-state index >= 15 is 0 Å². The van der Waals surface area contributed by atoms with Gasteiger partial charge >= 0.3 is 0 Å². The van der Waals surface area contributed by atoms with Crippen LogP contribution in [-0.2, 0) is 0 Å². The van der Waals surface area contributed by atoms with Gasteiger partial charge < -0.3 is 10.4 Å². The Hall–Kier alpha value is -0.0800. The fourth-order valence-corrected chi connectivity index (χ4v) is 3.03. The molecule has 1 saturated carbocycles. The Morgan fingerprint density at radius 2 is 2.08 bits per heavy atom. The van der Waals surface area contributed by atoms with Crippen LogP contribution in [0.2, 0.25) is 0 Å². The molecule has 2 heteroatoms. The first-order chi connectivity index (χ1) is 6.20. The predicted octanol–water partition coefficient (Wildman–Crippen LogP) is 1.68. The summed E-state index contributed by atoms with van der Waals surface area (Å²) in [5.74, 6) is 0.503. The summed E-state index contributed by atoms with van der Waals surface area (Å²) in [7, 11) is 0. The van der Waals surface area contributed by atoms with Crippen molar-refractivity contribution in [2.24, 2.45) is 5.92 Å². The lowest BCUT2D eigenvalue weighted by atomic mass is 9.72. The quantitative estimate of drug-likeness (QED) is 0.648. The average Bonchev–Trinajstić information content (AvgIpc) is 2.55. The molecular formula is C11H21NO. The van der Waals surface area contributed by atoms with Crippen molar-refractivity contribution in [2.75, 3.05) is 6.54 Å². The van der Waals surface area contributed by atoms with Crippen LogP contribution in [0.25, 0.3) is 0 Å². The maximum Gasteiger partial charge on any atom is 0.0662 e. The first kappa shape index (κ1) is 9.47. The van der Waals surface area contributed by atoms with Crippen molar-refractivity contribution in [1.29, 1.82) is 0 Å². The molecule has 0 amide bonds. The summed E-state index contributed by atoms with van der Waals surface area (Å²) < 4.78 is 0. The van der Waals surface area contributed by atoms with Gasteiger partial charge in [0.15, 0.2) is 0 Å². The summed E-state index contributed by atoms with van der Waals surface area (Å²) in [5.41, 5.74) is -0.403. The van der Waals surface area contributed by atoms with Gasteiger partial charge in [0.25, 0.3) is 0 Å². The maximum atomic E-state index is 10.3. The molecule has 2 aliphatic rings. The van der Waals surface area contributed by atoms with Crippen molar-refractivity contribution in [3.8, 4) is 0 Å². The van der Waals surface area contributed by atoms with Gasteiger partial charge in [0, 0.05) is 12.0 Å². The third kappa shape index (κ3) is 1.89. The molecule has 13 heavy (non-hydrogen) atoms. The molecule has 0 aromatic carbocycles. The molecule has 3 atom stereocenters. The van der Waals surface area contributed by atoms with Gasteiger partial charge in [-0.2, -0.15) is 0 Å². The van der Waals surface area contributed by atoms with Crippen LogP contribution in [-0.4, -0.2) is 23.3 Å². The number of hydrogen-bond acceptors (Lipinski definition) is 2. The highest BCUT2D eigenvalue weighted by Gasteiger charge is 2.39. The van der Waals surface area contributed by atoms with Crippen LogP contribution in [0.1, 0.15) is 45.4 Å². The van der Waals surface area contributed by atoms with E-state index in [-0.39, 0.29) is 0 Å². The van der Waals surface area contributed by atoms with Gasteiger partial charge in [-0.15, -0.1) is 0 Å². The molecule has 3 unspecified atom stereocenters. The maximum absolute atomic E-state index is 10.3. The van der Waals surface area contributed by atoms with E-state index in [4.69, 9.17) is 0 Å². The molecule has 0 bridgehead atoms. The molecule has 1 saturated heterocycles. The summed E-state index contributed by atoms with van der Waals surface area (Å²) >= 11 is 0. The summed E-state index contributed by atoms with van der Waals surface area (Å²) in [6.45, 7) is 3.17. The van der Waals surface area contributed by atoms with Crippen LogP contribution in [0.3, 0.4) is 0 Å². The largest absolute Gasteiger partial charge is 0.390 e. The zero-order chi connectivity index (χ0) is 9.31. The number of hydrogen-bond donors (Lipinski definition) is 2. The molecule has 2 rings (SSSR count). The number of nitrogens with one attached hydrogen (secondary N) is 1. The van der Waals surface area contributed by atoms with Gasteiger partial charge in [0.1, 0.15) is 0 Å². The topological polar surface area (TPSA) is 32.3 Å².